The van der Waals surface area contributed by atoms with Crippen molar-refractivity contribution in [2.45, 2.75) is 6.42 Å². The number of methoxy groups -OCH3 is 1. The molecule has 4 aromatic rings. The van der Waals surface area contributed by atoms with Crippen LogP contribution in [0, 0.1) is 5.92 Å². The maximum absolute atomic E-state index is 12.7. The summed E-state index contributed by atoms with van der Waals surface area (Å²) in [5, 5.41) is 9.86. The van der Waals surface area contributed by atoms with Gasteiger partial charge in [-0.3, -0.25) is 19.1 Å². The molecule has 1 fully saturated rings. The minimum Gasteiger partial charge on any atom is -0.495 e. The van der Waals surface area contributed by atoms with Gasteiger partial charge in [-0.15, -0.1) is 0 Å². The van der Waals surface area contributed by atoms with Crippen molar-refractivity contribution in [2.75, 3.05) is 25.1 Å². The maximum Gasteiger partial charge on any atom is 0.341 e. The second-order valence-electron chi connectivity index (χ2n) is 7.87. The Labute approximate surface area is 206 Å². The summed E-state index contributed by atoms with van der Waals surface area (Å²) in [5.74, 6) is -0.277. The van der Waals surface area contributed by atoms with Crippen LogP contribution in [-0.2, 0) is 11.2 Å². The van der Waals surface area contributed by atoms with Crippen LogP contribution in [0.2, 0.25) is 5.28 Å². The van der Waals surface area contributed by atoms with Crippen molar-refractivity contribution in [1.82, 2.24) is 23.9 Å². The first-order valence-electron chi connectivity index (χ1n) is 10.4. The molecule has 0 radical (unpaired) electrons. The quantitative estimate of drug-likeness (QED) is 0.392. The van der Waals surface area contributed by atoms with Crippen LogP contribution in [0.4, 0.5) is 5.82 Å². The van der Waals surface area contributed by atoms with E-state index in [2.05, 4.69) is 19.3 Å². The molecule has 13 heteroatoms. The van der Waals surface area contributed by atoms with Crippen molar-refractivity contribution in [1.29, 1.82) is 0 Å². The highest BCUT2D eigenvalue weighted by Gasteiger charge is 2.33. The third kappa shape index (κ3) is 4.33. The molecule has 5 heterocycles. The number of ketones is 1. The molecule has 35 heavy (non-hydrogen) atoms. The normalized spacial score (nSPS) is 13.6. The van der Waals surface area contributed by atoms with E-state index in [9.17, 15) is 19.5 Å². The molecular formula is C22H17ClN6O5S. The molecule has 0 saturated carbocycles. The molecule has 5 rings (SSSR count). The number of aromatic carboxylic acids is 1. The number of carboxylic acid groups (broad SMARTS) is 1. The molecule has 0 unspecified atom stereocenters. The predicted octanol–water partition coefficient (Wildman–Crippen LogP) is 2.24. The lowest BCUT2D eigenvalue weighted by atomic mass is 9.92. The second kappa shape index (κ2) is 9.04. The van der Waals surface area contributed by atoms with E-state index < -0.39 is 17.0 Å². The Hall–Kier alpha value is -3.90. The Morgan fingerprint density at radius 1 is 1.23 bits per heavy atom. The Kier molecular flexibility index (Phi) is 5.91. The Bertz CT molecular complexity index is 1510. The molecule has 0 spiro atoms. The number of Topliss-reactive ketones (excluding diaryl/α,β-unsaturated/α-hetero) is 1. The van der Waals surface area contributed by atoms with Crippen LogP contribution in [0.1, 0.15) is 16.1 Å². The van der Waals surface area contributed by atoms with Gasteiger partial charge in [-0.05, 0) is 35.9 Å². The first-order chi connectivity index (χ1) is 16.8. The number of hydrogen-bond donors (Lipinski definition) is 1. The summed E-state index contributed by atoms with van der Waals surface area (Å²) in [6.07, 6.45) is 2.98. The molecule has 1 saturated heterocycles. The number of carboxylic acids is 1. The summed E-state index contributed by atoms with van der Waals surface area (Å²) in [4.78, 5) is 51.8. The minimum atomic E-state index is -1.36. The number of carbonyl (C=O) groups excluding carboxylic acids is 1. The number of aromatic nitrogens is 5. The van der Waals surface area contributed by atoms with Crippen LogP contribution >= 0.6 is 23.1 Å². The number of nitrogens with zero attached hydrogens (tertiary/aromatic N) is 6. The van der Waals surface area contributed by atoms with Crippen LogP contribution in [0.25, 0.3) is 16.2 Å². The average Bonchev–Trinajstić information content (AvgIpc) is 3.24. The van der Waals surface area contributed by atoms with E-state index >= 15 is 0 Å². The number of fused-ring (bicyclic) bond motifs is 1. The summed E-state index contributed by atoms with van der Waals surface area (Å²) in [7, 11) is 1.55. The van der Waals surface area contributed by atoms with Crippen molar-refractivity contribution in [3.05, 3.63) is 63.4 Å². The van der Waals surface area contributed by atoms with Gasteiger partial charge in [0, 0.05) is 42.9 Å². The molecule has 0 amide bonds. The van der Waals surface area contributed by atoms with E-state index in [1.54, 1.807) is 31.5 Å². The van der Waals surface area contributed by atoms with Gasteiger partial charge in [0.25, 0.3) is 0 Å². The zero-order valence-electron chi connectivity index (χ0n) is 18.2. The predicted molar refractivity (Wildman–Crippen MR) is 128 cm³/mol. The number of hydrogen-bond acceptors (Lipinski definition) is 10. The molecule has 0 bridgehead atoms. The number of halogens is 1. The number of ether oxygens (including phenoxy) is 1. The van der Waals surface area contributed by atoms with Crippen LogP contribution in [0.15, 0.2) is 41.5 Å². The van der Waals surface area contributed by atoms with Crippen LogP contribution in [0.5, 0.6) is 5.75 Å². The fourth-order valence-electron chi connectivity index (χ4n) is 3.79. The van der Waals surface area contributed by atoms with Crippen molar-refractivity contribution >= 4 is 51.7 Å². The number of carbonyl (C=O) groups is 2. The SMILES string of the molecule is COc1ccc(CC(=O)C2CN(c3ccc4c(=O)c(C(=O)O)cn(-c5nc(Cl)ns5)c4n3)C2)nc1. The Balaban J connectivity index is 1.40. The van der Waals surface area contributed by atoms with E-state index in [1.807, 2.05) is 4.90 Å². The lowest BCUT2D eigenvalue weighted by molar-refractivity contribution is -0.123. The fourth-order valence-corrected chi connectivity index (χ4v) is 4.58. The zero-order valence-corrected chi connectivity index (χ0v) is 19.8. The van der Waals surface area contributed by atoms with Gasteiger partial charge in [0.05, 0.1) is 24.6 Å². The van der Waals surface area contributed by atoms with E-state index in [1.165, 1.54) is 16.8 Å². The summed E-state index contributed by atoms with van der Waals surface area (Å²) in [6, 6.07) is 6.70. The Morgan fingerprint density at radius 2 is 2.03 bits per heavy atom. The molecule has 0 atom stereocenters. The molecule has 1 aliphatic rings. The third-order valence-electron chi connectivity index (χ3n) is 5.71. The highest BCUT2D eigenvalue weighted by Crippen LogP contribution is 2.27. The molecule has 11 nitrogen and oxygen atoms in total. The second-order valence-corrected chi connectivity index (χ2v) is 8.94. The maximum atomic E-state index is 12.7. The zero-order chi connectivity index (χ0) is 24.7. The molecule has 1 N–H and O–H groups in total. The fraction of sp³-hybridized carbons (Fsp3) is 0.227. The highest BCUT2D eigenvalue weighted by atomic mass is 35.5. The van der Waals surface area contributed by atoms with Gasteiger partial charge in [0.15, 0.2) is 5.65 Å². The van der Waals surface area contributed by atoms with Gasteiger partial charge >= 0.3 is 5.97 Å². The van der Waals surface area contributed by atoms with E-state index in [4.69, 9.17) is 16.3 Å². The van der Waals surface area contributed by atoms with Gasteiger partial charge in [-0.1, -0.05) is 0 Å². The van der Waals surface area contributed by atoms with Gasteiger partial charge < -0.3 is 14.7 Å². The van der Waals surface area contributed by atoms with Crippen molar-refractivity contribution < 1.29 is 19.4 Å². The van der Waals surface area contributed by atoms with Crippen LogP contribution in [-0.4, -0.2) is 61.0 Å². The van der Waals surface area contributed by atoms with Gasteiger partial charge in [-0.2, -0.15) is 9.36 Å². The molecule has 0 aromatic carbocycles. The third-order valence-corrected chi connectivity index (χ3v) is 6.70. The molecule has 0 aliphatic carbocycles. The molecule has 4 aromatic heterocycles. The van der Waals surface area contributed by atoms with Crippen LogP contribution < -0.4 is 15.1 Å². The summed E-state index contributed by atoms with van der Waals surface area (Å²) in [5.41, 5.74) is -0.170. The van der Waals surface area contributed by atoms with E-state index in [0.29, 0.717) is 30.4 Å². The van der Waals surface area contributed by atoms with Gasteiger partial charge in [0.1, 0.15) is 22.9 Å². The summed E-state index contributed by atoms with van der Waals surface area (Å²) < 4.78 is 10.4. The van der Waals surface area contributed by atoms with Crippen molar-refractivity contribution in [2.24, 2.45) is 5.92 Å². The van der Waals surface area contributed by atoms with Crippen molar-refractivity contribution in [3.8, 4) is 10.9 Å². The highest BCUT2D eigenvalue weighted by molar-refractivity contribution is 7.08. The molecule has 1 aliphatic heterocycles. The number of pyridine rings is 3. The summed E-state index contributed by atoms with van der Waals surface area (Å²) >= 11 is 6.80. The van der Waals surface area contributed by atoms with Crippen LogP contribution in [0.3, 0.4) is 0 Å². The van der Waals surface area contributed by atoms with Gasteiger partial charge in [-0.25, -0.2) is 9.78 Å². The van der Waals surface area contributed by atoms with Gasteiger partial charge in [0.2, 0.25) is 15.8 Å². The first-order valence-corrected chi connectivity index (χ1v) is 11.5. The lowest BCUT2D eigenvalue weighted by Crippen LogP contribution is -2.51. The minimum absolute atomic E-state index is 0.000302. The Morgan fingerprint density at radius 3 is 2.66 bits per heavy atom. The smallest absolute Gasteiger partial charge is 0.341 e. The average molecular weight is 513 g/mol. The first kappa shape index (κ1) is 22.9. The number of anilines is 1. The van der Waals surface area contributed by atoms with E-state index in [-0.39, 0.29) is 39.6 Å². The summed E-state index contributed by atoms with van der Waals surface area (Å²) in [6.45, 7) is 0.936. The molecular weight excluding hydrogens is 496 g/mol. The van der Waals surface area contributed by atoms with Crippen molar-refractivity contribution in [3.63, 3.8) is 0 Å². The monoisotopic (exact) mass is 512 g/mol. The number of rotatable bonds is 7. The lowest BCUT2D eigenvalue weighted by Gasteiger charge is -2.39. The molecule has 178 valence electrons. The standard InChI is InChI=1S/C22H17ClN6O5S/c1-34-13-3-2-12(24-7-13)6-16(30)11-8-28(9-11)17-5-4-14-18(31)15(20(32)33)10-29(19(14)25-17)22-26-21(23)27-35-22/h2-5,7,10-11H,6,8-9H2,1H3,(H,32,33). The van der Waals surface area contributed by atoms with E-state index in [0.717, 1.165) is 11.5 Å². The largest absolute Gasteiger partial charge is 0.495 e. The topological polar surface area (TPSA) is 140 Å².